The lowest BCUT2D eigenvalue weighted by atomic mass is 9.92. The first-order valence-electron chi connectivity index (χ1n) is 8.13. The molecule has 3 heterocycles. The van der Waals surface area contributed by atoms with Gasteiger partial charge in [-0.2, -0.15) is 10.4 Å². The van der Waals surface area contributed by atoms with Gasteiger partial charge in [0, 0.05) is 24.5 Å². The molecule has 0 fully saturated rings. The van der Waals surface area contributed by atoms with Crippen LogP contribution in [0, 0.1) is 18.3 Å². The Labute approximate surface area is 146 Å². The molecule has 0 aliphatic heterocycles. The quantitative estimate of drug-likeness (QED) is 0.684. The van der Waals surface area contributed by atoms with Crippen molar-refractivity contribution in [1.82, 2.24) is 19.7 Å². The van der Waals surface area contributed by atoms with E-state index in [0.717, 1.165) is 11.4 Å². The molecule has 6 nitrogen and oxygen atoms in total. The maximum atomic E-state index is 13.2. The topological polar surface area (TPSA) is 84.5 Å². The molecule has 0 aliphatic rings. The van der Waals surface area contributed by atoms with Crippen molar-refractivity contribution >= 4 is 16.8 Å². The summed E-state index contributed by atoms with van der Waals surface area (Å²) in [4.78, 5) is 22.0. The van der Waals surface area contributed by atoms with Crippen LogP contribution < -0.4 is 0 Å². The van der Waals surface area contributed by atoms with Crippen molar-refractivity contribution in [1.29, 1.82) is 5.26 Å². The van der Waals surface area contributed by atoms with E-state index in [0.29, 0.717) is 22.3 Å². The van der Waals surface area contributed by atoms with Crippen molar-refractivity contribution in [3.63, 3.8) is 0 Å². The summed E-state index contributed by atoms with van der Waals surface area (Å²) in [5, 5.41) is 14.7. The van der Waals surface area contributed by atoms with E-state index < -0.39 is 5.92 Å². The summed E-state index contributed by atoms with van der Waals surface area (Å²) in [6.07, 6.45) is 1.59. The van der Waals surface area contributed by atoms with E-state index in [1.165, 1.54) is 0 Å². The van der Waals surface area contributed by atoms with Gasteiger partial charge in [0.15, 0.2) is 17.3 Å². The molecule has 0 amide bonds. The lowest BCUT2D eigenvalue weighted by Crippen LogP contribution is -2.14. The Kier molecular flexibility index (Phi) is 4.32. The number of nitrogens with zero attached hydrogens (tertiary/aromatic N) is 5. The summed E-state index contributed by atoms with van der Waals surface area (Å²) in [6.45, 7) is 5.89. The van der Waals surface area contributed by atoms with Gasteiger partial charge in [-0.05, 0) is 31.0 Å². The number of nitriles is 1. The van der Waals surface area contributed by atoms with Crippen LogP contribution in [0.3, 0.4) is 0 Å². The van der Waals surface area contributed by atoms with Gasteiger partial charge in [-0.1, -0.05) is 19.9 Å². The number of carbonyl (C=O) groups excluding carboxylic acids is 1. The summed E-state index contributed by atoms with van der Waals surface area (Å²) in [5.74, 6) is -1.07. The Morgan fingerprint density at radius 2 is 2.04 bits per heavy atom. The van der Waals surface area contributed by atoms with E-state index in [-0.39, 0.29) is 11.7 Å². The molecule has 6 heteroatoms. The van der Waals surface area contributed by atoms with Crippen molar-refractivity contribution in [3.05, 3.63) is 53.1 Å². The van der Waals surface area contributed by atoms with Gasteiger partial charge in [0.05, 0.1) is 22.8 Å². The molecule has 0 radical (unpaired) electrons. The zero-order valence-electron chi connectivity index (χ0n) is 14.7. The molecular weight excluding hydrogens is 314 g/mol. The predicted octanol–water partition coefficient (Wildman–Crippen LogP) is 3.29. The fourth-order valence-electron chi connectivity index (χ4n) is 2.92. The zero-order valence-corrected chi connectivity index (χ0v) is 14.7. The summed E-state index contributed by atoms with van der Waals surface area (Å²) in [7, 11) is 1.81. The van der Waals surface area contributed by atoms with Crippen molar-refractivity contribution in [2.75, 3.05) is 0 Å². The Morgan fingerprint density at radius 1 is 1.28 bits per heavy atom. The third-order valence-corrected chi connectivity index (χ3v) is 4.22. The number of hydrogen-bond acceptors (Lipinski definition) is 5. The van der Waals surface area contributed by atoms with Gasteiger partial charge >= 0.3 is 0 Å². The third-order valence-electron chi connectivity index (χ3n) is 4.22. The van der Waals surface area contributed by atoms with Gasteiger partial charge in [0.2, 0.25) is 0 Å². The number of pyridine rings is 2. The highest BCUT2D eigenvalue weighted by Crippen LogP contribution is 2.29. The number of aryl methyl sites for hydroxylation is 2. The normalized spacial score (nSPS) is 12.3. The summed E-state index contributed by atoms with van der Waals surface area (Å²) in [5.41, 5.74) is 3.12. The number of hydrogen-bond donors (Lipinski definition) is 0. The first-order valence-corrected chi connectivity index (χ1v) is 8.13. The van der Waals surface area contributed by atoms with E-state index in [9.17, 15) is 10.1 Å². The molecule has 0 saturated heterocycles. The second-order valence-corrected chi connectivity index (χ2v) is 6.34. The minimum atomic E-state index is -0.952. The van der Waals surface area contributed by atoms with Gasteiger partial charge in [0.25, 0.3) is 0 Å². The van der Waals surface area contributed by atoms with Gasteiger partial charge in [0.1, 0.15) is 0 Å². The lowest BCUT2D eigenvalue weighted by molar-refractivity contribution is 0.0979. The van der Waals surface area contributed by atoms with Crippen LogP contribution in [0.1, 0.15) is 53.1 Å². The van der Waals surface area contributed by atoms with Crippen LogP contribution in [0.25, 0.3) is 11.0 Å². The molecule has 1 unspecified atom stereocenters. The summed E-state index contributed by atoms with van der Waals surface area (Å²) >= 11 is 0. The van der Waals surface area contributed by atoms with Crippen molar-refractivity contribution in [2.45, 2.75) is 32.6 Å². The second kappa shape index (κ2) is 6.44. The third kappa shape index (κ3) is 2.89. The van der Waals surface area contributed by atoms with Gasteiger partial charge in [-0.25, -0.2) is 4.98 Å². The molecule has 0 bridgehead atoms. The molecule has 3 aromatic rings. The molecule has 3 aromatic heterocycles. The smallest absolute Gasteiger partial charge is 0.186 e. The molecule has 0 saturated carbocycles. The lowest BCUT2D eigenvalue weighted by Gasteiger charge is -2.12. The number of aromatic nitrogens is 4. The molecule has 3 rings (SSSR count). The van der Waals surface area contributed by atoms with E-state index in [1.807, 2.05) is 20.8 Å². The fraction of sp³-hybridized carbons (Fsp3) is 0.316. The molecule has 25 heavy (non-hydrogen) atoms. The molecule has 0 aliphatic carbocycles. The number of fused-ring (bicyclic) bond motifs is 1. The van der Waals surface area contributed by atoms with Crippen molar-refractivity contribution < 1.29 is 4.79 Å². The van der Waals surface area contributed by atoms with Gasteiger partial charge in [-0.15, -0.1) is 0 Å². The molecule has 1 atom stereocenters. The van der Waals surface area contributed by atoms with Crippen molar-refractivity contribution in [2.24, 2.45) is 7.05 Å². The summed E-state index contributed by atoms with van der Waals surface area (Å²) < 4.78 is 1.68. The van der Waals surface area contributed by atoms with E-state index in [4.69, 9.17) is 0 Å². The minimum Gasteiger partial charge on any atom is -0.292 e. The van der Waals surface area contributed by atoms with E-state index in [2.05, 4.69) is 21.1 Å². The van der Waals surface area contributed by atoms with Crippen LogP contribution in [-0.2, 0) is 7.05 Å². The van der Waals surface area contributed by atoms with Crippen LogP contribution in [0.2, 0.25) is 0 Å². The number of rotatable bonds is 4. The van der Waals surface area contributed by atoms with Crippen LogP contribution in [0.5, 0.6) is 0 Å². The van der Waals surface area contributed by atoms with Crippen LogP contribution in [0.15, 0.2) is 30.5 Å². The average Bonchev–Trinajstić information content (AvgIpc) is 2.90. The molecule has 0 N–H and O–H groups in total. The fourth-order valence-corrected chi connectivity index (χ4v) is 2.92. The largest absolute Gasteiger partial charge is 0.292 e. The molecule has 0 spiro atoms. The number of carbonyl (C=O) groups is 1. The maximum absolute atomic E-state index is 13.2. The van der Waals surface area contributed by atoms with Crippen LogP contribution >= 0.6 is 0 Å². The Morgan fingerprint density at radius 3 is 2.64 bits per heavy atom. The number of ketones is 1. The average molecular weight is 333 g/mol. The summed E-state index contributed by atoms with van der Waals surface area (Å²) in [6, 6.07) is 9.12. The van der Waals surface area contributed by atoms with Gasteiger partial charge in [-0.3, -0.25) is 14.5 Å². The monoisotopic (exact) mass is 333 g/mol. The highest BCUT2D eigenvalue weighted by atomic mass is 16.1. The second-order valence-electron chi connectivity index (χ2n) is 6.34. The first kappa shape index (κ1) is 16.8. The van der Waals surface area contributed by atoms with Crippen molar-refractivity contribution in [3.8, 4) is 6.07 Å². The SMILES string of the molecule is Cc1nn(C)c2nc(C(C)C)cc(C(=O)C(C#N)c3ccccn3)c12. The highest BCUT2D eigenvalue weighted by Gasteiger charge is 2.27. The maximum Gasteiger partial charge on any atom is 0.186 e. The molecular formula is C19H19N5O. The van der Waals surface area contributed by atoms with Gasteiger partial charge < -0.3 is 0 Å². The van der Waals surface area contributed by atoms with Crippen LogP contribution in [0.4, 0.5) is 0 Å². The van der Waals surface area contributed by atoms with E-state index in [1.54, 1.807) is 42.2 Å². The number of Topliss-reactive ketones (excluding diaryl/α,β-unsaturated/α-hetero) is 1. The molecule has 0 aromatic carbocycles. The highest BCUT2D eigenvalue weighted by molar-refractivity contribution is 6.11. The zero-order chi connectivity index (χ0) is 18.1. The van der Waals surface area contributed by atoms with Crippen LogP contribution in [-0.4, -0.2) is 25.5 Å². The predicted molar refractivity (Wildman–Crippen MR) is 94.3 cm³/mol. The molecule has 126 valence electrons. The standard InChI is InChI=1S/C19H19N5O/c1-11(2)16-9-13(17-12(3)23-24(4)19(17)22-16)18(25)14(10-20)15-7-5-6-8-21-15/h5-9,11,14H,1-4H3. The Bertz CT molecular complexity index is 982. The van der Waals surface area contributed by atoms with E-state index >= 15 is 0 Å². The Balaban J connectivity index is 2.23. The Hall–Kier alpha value is -3.07. The minimum absolute atomic E-state index is 0.154. The first-order chi connectivity index (χ1) is 11.9.